The van der Waals surface area contributed by atoms with Crippen LogP contribution in [0.25, 0.3) is 212 Å². The van der Waals surface area contributed by atoms with Gasteiger partial charge in [0.15, 0.2) is 31.0 Å². The van der Waals surface area contributed by atoms with Crippen molar-refractivity contribution >= 4 is 212 Å². The average molecular weight is 1890 g/mol. The van der Waals surface area contributed by atoms with Crippen molar-refractivity contribution in [1.29, 1.82) is 0 Å². The van der Waals surface area contributed by atoms with E-state index in [0.29, 0.717) is 53.2 Å². The molecule has 11 aromatic carbocycles. The van der Waals surface area contributed by atoms with Crippen molar-refractivity contribution in [2.75, 3.05) is 0 Å². The van der Waals surface area contributed by atoms with Gasteiger partial charge in [0, 0.05) is 163 Å². The van der Waals surface area contributed by atoms with Crippen molar-refractivity contribution in [3.63, 3.8) is 0 Å². The molecule has 0 unspecified atom stereocenters. The first-order valence-corrected chi connectivity index (χ1v) is 50.2. The fourth-order valence-electron chi connectivity index (χ4n) is 20.6. The van der Waals surface area contributed by atoms with E-state index in [2.05, 4.69) is 199 Å². The second-order valence-electron chi connectivity index (χ2n) is 36.2. The first-order chi connectivity index (χ1) is 73.9. The summed E-state index contributed by atoms with van der Waals surface area (Å²) in [4.78, 5) is 18.5. The van der Waals surface area contributed by atoms with Crippen LogP contribution >= 0.6 is 56.7 Å². The van der Waals surface area contributed by atoms with Gasteiger partial charge in [0.05, 0.1) is 64.0 Å². The Morgan fingerprint density at radius 3 is 1.16 bits per heavy atom. The molecule has 0 radical (unpaired) electrons. The van der Waals surface area contributed by atoms with Crippen LogP contribution < -0.4 is 22.8 Å². The van der Waals surface area contributed by atoms with E-state index in [1.807, 2.05) is 151 Å². The Kier molecular flexibility index (Phi) is 18.4. The Hall–Kier alpha value is -13.8. The van der Waals surface area contributed by atoms with Crippen LogP contribution in [-0.2, 0) is 35.2 Å². The van der Waals surface area contributed by atoms with Gasteiger partial charge in [-0.25, -0.2) is 0 Å². The molecular weight excluding hydrogens is 1760 g/mol. The number of aromatic nitrogens is 9. The van der Waals surface area contributed by atoms with Gasteiger partial charge in [-0.2, -0.15) is 22.8 Å². The highest BCUT2D eigenvalue weighted by atomic mass is 32.1. The fraction of sp³-hybridized carbons (Fsp3) is 0.179. The third kappa shape index (κ3) is 15.6. The summed E-state index contributed by atoms with van der Waals surface area (Å²) in [5, 5.41) is 16.6. The van der Waals surface area contributed by atoms with E-state index < -0.39 is 41.1 Å². The molecule has 14 aromatic heterocycles. The zero-order valence-corrected chi connectivity index (χ0v) is 81.6. The van der Waals surface area contributed by atoms with Crippen LogP contribution in [0, 0.1) is 75.7 Å². The Balaban J connectivity index is 0.000000109. The minimum absolute atomic E-state index is 0.0696. The second kappa shape index (κ2) is 36.0. The topological polar surface area (TPSA) is 71.0 Å². The first kappa shape index (κ1) is 69.9. The summed E-state index contributed by atoms with van der Waals surface area (Å²) in [7, 11) is 9.81. The normalized spacial score (nSPS) is 15.0. The van der Waals surface area contributed by atoms with Crippen molar-refractivity contribution in [1.82, 2.24) is 19.9 Å². The molecule has 137 heavy (non-hydrogen) atoms. The van der Waals surface area contributed by atoms with E-state index in [0.717, 1.165) is 107 Å². The lowest BCUT2D eigenvalue weighted by Crippen LogP contribution is -2.31. The fourth-order valence-corrected chi connectivity index (χ4v) is 27.7. The lowest BCUT2D eigenvalue weighted by Gasteiger charge is -2.22. The summed E-state index contributed by atoms with van der Waals surface area (Å²) >= 11 is 8.36. The van der Waals surface area contributed by atoms with Crippen LogP contribution in [0.4, 0.5) is 0 Å². The molecule has 0 spiro atoms. The highest BCUT2D eigenvalue weighted by molar-refractivity contribution is 7.29. The number of hydrogen-bond donors (Lipinski definition) is 0. The molecular formula is C123H108N9S5+5. The summed E-state index contributed by atoms with van der Waals surface area (Å²) in [5.41, 5.74) is 21.4. The molecule has 1 saturated carbocycles. The SMILES string of the molecule is Cc1ccccc1-c1c2sc3c4ccc(C5CCCCC5)cc4ccc3c2cc[n+]1C.Cc1ccccc1-c1c2sc3c4cccnc4ccc3c2cc[n+]1C.[2H]C([2H])([2H])c1c[n+](C)c(-c2ccccc2C)c2sc3c4ccccc4cnc3c12.[2H]C([2H])([2H])c1ccc(-c2c3sc4c5ccccc5c(C([2H])([2H])[2H])nc4c3c(C([2H])([2H])[2H])c[n+]2C)c(C)c1.[2H]C([2H])([2H])c1ccc(-c2c3sc4c5ccccc5cnc4c3c(C([2H])([2H])[2H])c[n+]2C)c(C)c1. The molecule has 25 aromatic rings. The number of aryl methyl sites for hydroxylation is 16. The van der Waals surface area contributed by atoms with Gasteiger partial charge in [-0.1, -0.05) is 218 Å². The van der Waals surface area contributed by atoms with Gasteiger partial charge >= 0.3 is 0 Å². The molecule has 14 heteroatoms. The van der Waals surface area contributed by atoms with Crippen molar-refractivity contribution in [2.45, 2.75) is 114 Å². The second-order valence-corrected chi connectivity index (χ2v) is 41.3. The van der Waals surface area contributed by atoms with Crippen LogP contribution in [0.2, 0.25) is 0 Å². The summed E-state index contributed by atoms with van der Waals surface area (Å²) in [6.07, 6.45) is 21.7. The molecule has 26 rings (SSSR count). The highest BCUT2D eigenvalue weighted by Gasteiger charge is 2.31. The van der Waals surface area contributed by atoms with Gasteiger partial charge in [0.2, 0.25) is 28.5 Å². The maximum Gasteiger partial charge on any atom is 0.230 e. The van der Waals surface area contributed by atoms with Gasteiger partial charge in [-0.05, 0) is 187 Å². The first-order valence-electron chi connectivity index (χ1n) is 55.1. The molecule has 1 fully saturated rings. The summed E-state index contributed by atoms with van der Waals surface area (Å²) in [6.45, 7) is -3.76. The van der Waals surface area contributed by atoms with E-state index in [1.165, 1.54) is 145 Å². The highest BCUT2D eigenvalue weighted by Crippen LogP contribution is 2.50. The number of rotatable bonds is 6. The molecule has 0 N–H and O–H groups in total. The van der Waals surface area contributed by atoms with E-state index in [1.54, 1.807) is 95.8 Å². The Labute approximate surface area is 844 Å². The van der Waals surface area contributed by atoms with E-state index >= 15 is 0 Å². The van der Waals surface area contributed by atoms with Crippen LogP contribution in [-0.4, -0.2) is 19.9 Å². The molecule has 0 saturated heterocycles. The van der Waals surface area contributed by atoms with Crippen LogP contribution in [0.15, 0.2) is 298 Å². The van der Waals surface area contributed by atoms with Crippen molar-refractivity contribution in [3.05, 3.63) is 365 Å². The maximum atomic E-state index is 8.24. The Bertz CT molecular complexity index is 10000. The Morgan fingerprint density at radius 2 is 0.679 bits per heavy atom. The largest absolute Gasteiger partial charge is 0.256 e. The van der Waals surface area contributed by atoms with Gasteiger partial charge < -0.3 is 0 Å². The summed E-state index contributed by atoms with van der Waals surface area (Å²) in [5.74, 6) is 0.753. The predicted octanol–water partition coefficient (Wildman–Crippen LogP) is 31.5. The van der Waals surface area contributed by atoms with E-state index in [4.69, 9.17) is 29.7 Å². The number of benzene rings is 11. The molecule has 0 bridgehead atoms. The number of pyridine rings is 9. The van der Waals surface area contributed by atoms with E-state index in [9.17, 15) is 0 Å². The predicted molar refractivity (Wildman–Crippen MR) is 586 cm³/mol. The maximum absolute atomic E-state index is 8.24. The zero-order valence-electron chi connectivity index (χ0n) is 95.5. The third-order valence-electron chi connectivity index (χ3n) is 27.4. The summed E-state index contributed by atoms with van der Waals surface area (Å²) in [6, 6.07) is 83.9. The number of nitrogens with zero attached hydrogens (tertiary/aromatic N) is 9. The molecule has 1 aliphatic carbocycles. The third-order valence-corrected chi connectivity index (χ3v) is 33.5. The minimum Gasteiger partial charge on any atom is -0.256 e. The average Bonchev–Trinajstić information content (AvgIpc) is 1.53. The van der Waals surface area contributed by atoms with E-state index in [-0.39, 0.29) is 27.9 Å². The molecule has 14 heterocycles. The lowest BCUT2D eigenvalue weighted by atomic mass is 9.83. The molecule has 670 valence electrons. The van der Waals surface area contributed by atoms with Crippen LogP contribution in [0.5, 0.6) is 0 Å². The number of fused-ring (bicyclic) bond motifs is 25. The van der Waals surface area contributed by atoms with Crippen molar-refractivity contribution in [2.24, 2.45) is 35.2 Å². The monoisotopic (exact) mass is 1890 g/mol. The van der Waals surface area contributed by atoms with Gasteiger partial charge in [0.25, 0.3) is 0 Å². The van der Waals surface area contributed by atoms with Crippen LogP contribution in [0.1, 0.15) is 130 Å². The van der Waals surface area contributed by atoms with Crippen molar-refractivity contribution in [3.8, 4) is 56.3 Å². The number of hydrogen-bond acceptors (Lipinski definition) is 9. The molecule has 0 aliphatic heterocycles. The molecule has 1 aliphatic rings. The standard InChI is InChI=1S/C29H28NS.C25H23N2S.C24H21N2S.C23H19N2S.C22H17N2S/c1-19-8-6-7-11-23(19)27-29-26(16-17-30(27)2)25-15-13-22-18-21(20-9-4-3-5-10-20)12-14-24(22)28(25)31-29;1-14-10-11-18(15(2)12-14)23-25-21(16(3)13-27(23)5)22-24(28-25)20-9-7-6-8-19(20)17(4)26-22;1-14-9-10-18(15(2)11-14)22-24-20(16(3)13-26(22)4)21-23(27-24)19-8-6-5-7-17(19)12-25-21;1-14-8-4-6-10-17(14)21-23-19(15(2)13-25(21)3)20-22(26-23)18-11-7-5-9-16(18)12-24-20;1-14-6-3-4-7-15(14)20-22-17(11-13-24(20)2)16-9-10-19-18(21(16)25-22)8-5-12-23-19/h6-8,11-18,20H,3-5,9-10H2,1-2H3;6-13H,1-5H3;5-13H,1-4H3;4-13H,1-3H3;3-13H,1-2H3/q5*+1/i;1D3,3D3,4D3;1D3,3D3;2D3;. The van der Waals surface area contributed by atoms with Gasteiger partial charge in [-0.15, -0.1) is 56.7 Å². The quantitative estimate of drug-likeness (QED) is 0.156. The zero-order chi connectivity index (χ0) is 109. The van der Waals surface area contributed by atoms with Gasteiger partial charge in [-0.3, -0.25) is 19.9 Å². The van der Waals surface area contributed by atoms with Crippen LogP contribution in [0.3, 0.4) is 0 Å². The molecule has 0 atom stereocenters. The molecule has 0 amide bonds. The smallest absolute Gasteiger partial charge is 0.230 e. The lowest BCUT2D eigenvalue weighted by molar-refractivity contribution is -0.659. The summed E-state index contributed by atoms with van der Waals surface area (Å²) < 4.78 is 165. The number of thiophene rings is 5. The van der Waals surface area contributed by atoms with Gasteiger partial charge in [0.1, 0.15) is 58.7 Å². The molecule has 9 nitrogen and oxygen atoms in total. The Morgan fingerprint density at radius 1 is 0.285 bits per heavy atom. The van der Waals surface area contributed by atoms with Crippen molar-refractivity contribution < 1.29 is 47.5 Å². The minimum atomic E-state index is -2.49.